The third kappa shape index (κ3) is 1.56. The van der Waals surface area contributed by atoms with Crippen molar-refractivity contribution < 1.29 is 0 Å². The highest BCUT2D eigenvalue weighted by molar-refractivity contribution is 5.15. The number of aromatic nitrogens is 1. The van der Waals surface area contributed by atoms with Crippen molar-refractivity contribution >= 4 is 0 Å². The van der Waals surface area contributed by atoms with Crippen LogP contribution in [0.2, 0.25) is 0 Å². The largest absolute Gasteiger partial charge is 0.261 e. The Kier molecular flexibility index (Phi) is 2.43. The van der Waals surface area contributed by atoms with Crippen LogP contribution in [0.15, 0.2) is 18.3 Å². The minimum Gasteiger partial charge on any atom is -0.261 e. The Morgan fingerprint density at radius 2 is 2.10 bits per heavy atom. The zero-order valence-corrected chi connectivity index (χ0v) is 6.59. The molecule has 1 rings (SSSR count). The number of hydrogen-bond donors (Lipinski definition) is 0. The normalized spacial score (nSPS) is 9.80. The van der Waals surface area contributed by atoms with Gasteiger partial charge in [-0.2, -0.15) is 0 Å². The van der Waals surface area contributed by atoms with Gasteiger partial charge in [0, 0.05) is 11.9 Å². The van der Waals surface area contributed by atoms with E-state index in [1.807, 2.05) is 6.20 Å². The summed E-state index contributed by atoms with van der Waals surface area (Å²) in [5, 5.41) is 0. The second kappa shape index (κ2) is 3.35. The maximum Gasteiger partial charge on any atom is 0.0403 e. The Bertz CT molecular complexity index is 186. The van der Waals surface area contributed by atoms with Crippen LogP contribution in [0.1, 0.15) is 25.1 Å². The van der Waals surface area contributed by atoms with E-state index in [0.29, 0.717) is 0 Å². The lowest BCUT2D eigenvalue weighted by molar-refractivity contribution is 1.01. The molecule has 1 aromatic heterocycles. The Morgan fingerprint density at radius 1 is 1.30 bits per heavy atom. The lowest BCUT2D eigenvalue weighted by Crippen LogP contribution is -1.88. The van der Waals surface area contributed by atoms with E-state index in [1.165, 1.54) is 11.3 Å². The lowest BCUT2D eigenvalue weighted by atomic mass is 10.1. The summed E-state index contributed by atoms with van der Waals surface area (Å²) < 4.78 is 0. The monoisotopic (exact) mass is 135 g/mol. The molecule has 0 N–H and O–H groups in total. The molecule has 0 unspecified atom stereocenters. The molecule has 1 nitrogen and oxygen atoms in total. The van der Waals surface area contributed by atoms with Crippen LogP contribution >= 0.6 is 0 Å². The average Bonchev–Trinajstić information content (AvgIpc) is 2.05. The average molecular weight is 135 g/mol. The first-order valence-electron chi connectivity index (χ1n) is 3.80. The van der Waals surface area contributed by atoms with Gasteiger partial charge in [-0.05, 0) is 30.5 Å². The molecular weight excluding hydrogens is 122 g/mol. The van der Waals surface area contributed by atoms with Crippen LogP contribution in [-0.4, -0.2) is 4.98 Å². The number of nitrogens with zero attached hydrogens (tertiary/aromatic N) is 1. The molecule has 0 fully saturated rings. The summed E-state index contributed by atoms with van der Waals surface area (Å²) in [5.41, 5.74) is 2.58. The summed E-state index contributed by atoms with van der Waals surface area (Å²) in [6.45, 7) is 4.29. The summed E-state index contributed by atoms with van der Waals surface area (Å²) in [6.07, 6.45) is 4.03. The van der Waals surface area contributed by atoms with Crippen LogP contribution in [0, 0.1) is 0 Å². The predicted octanol–water partition coefficient (Wildman–Crippen LogP) is 2.21. The summed E-state index contributed by atoms with van der Waals surface area (Å²) in [4.78, 5) is 4.21. The van der Waals surface area contributed by atoms with E-state index < -0.39 is 0 Å². The van der Waals surface area contributed by atoms with Crippen LogP contribution in [0.3, 0.4) is 0 Å². The molecule has 0 aromatic carbocycles. The number of pyridine rings is 1. The molecule has 0 amide bonds. The van der Waals surface area contributed by atoms with E-state index in [1.54, 1.807) is 0 Å². The van der Waals surface area contributed by atoms with E-state index in [9.17, 15) is 0 Å². The van der Waals surface area contributed by atoms with Gasteiger partial charge in [0.25, 0.3) is 0 Å². The highest BCUT2D eigenvalue weighted by Gasteiger charge is 1.90. The molecule has 0 saturated heterocycles. The summed E-state index contributed by atoms with van der Waals surface area (Å²) in [6, 6.07) is 4.24. The van der Waals surface area contributed by atoms with Gasteiger partial charge in [-0.15, -0.1) is 0 Å². The maximum atomic E-state index is 4.21. The molecule has 1 heterocycles. The molecule has 0 radical (unpaired) electrons. The van der Waals surface area contributed by atoms with Crippen molar-refractivity contribution in [2.24, 2.45) is 0 Å². The molecule has 0 bridgehead atoms. The highest BCUT2D eigenvalue weighted by atomic mass is 14.7. The summed E-state index contributed by atoms with van der Waals surface area (Å²) >= 11 is 0. The second-order valence-electron chi connectivity index (χ2n) is 2.36. The molecule has 54 valence electrons. The van der Waals surface area contributed by atoms with E-state index >= 15 is 0 Å². The minimum atomic E-state index is 1.04. The van der Waals surface area contributed by atoms with Gasteiger partial charge >= 0.3 is 0 Å². The lowest BCUT2D eigenvalue weighted by Gasteiger charge is -1.97. The Labute approximate surface area is 62.1 Å². The van der Waals surface area contributed by atoms with Gasteiger partial charge in [-0.1, -0.05) is 13.8 Å². The molecule has 0 saturated carbocycles. The summed E-state index contributed by atoms with van der Waals surface area (Å²) in [5.74, 6) is 0. The van der Waals surface area contributed by atoms with Crippen molar-refractivity contribution in [1.29, 1.82) is 0 Å². The minimum absolute atomic E-state index is 1.04. The first-order chi connectivity index (χ1) is 4.86. The number of aryl methyl sites for hydroxylation is 2. The molecule has 0 spiro atoms. The zero-order chi connectivity index (χ0) is 7.40. The fraction of sp³-hybridized carbons (Fsp3) is 0.444. The van der Waals surface area contributed by atoms with E-state index in [2.05, 4.69) is 31.0 Å². The van der Waals surface area contributed by atoms with Gasteiger partial charge in [0.2, 0.25) is 0 Å². The standard InChI is InChI=1S/C9H13N/c1-3-8-5-6-10-9(4-2)7-8/h5-7H,3-4H2,1-2H3. The number of rotatable bonds is 2. The van der Waals surface area contributed by atoms with Crippen molar-refractivity contribution in [2.45, 2.75) is 26.7 Å². The molecule has 0 aliphatic carbocycles. The third-order valence-electron chi connectivity index (χ3n) is 1.65. The van der Waals surface area contributed by atoms with Crippen LogP contribution in [0.4, 0.5) is 0 Å². The SMILES string of the molecule is CCc1ccnc(CC)c1. The Hall–Kier alpha value is -0.850. The maximum absolute atomic E-state index is 4.21. The topological polar surface area (TPSA) is 12.9 Å². The predicted molar refractivity (Wildman–Crippen MR) is 43.0 cm³/mol. The molecule has 1 aromatic rings. The Balaban J connectivity index is 2.87. The molecule has 1 heteroatoms. The fourth-order valence-electron chi connectivity index (χ4n) is 0.941. The van der Waals surface area contributed by atoms with E-state index in [4.69, 9.17) is 0 Å². The fourth-order valence-corrected chi connectivity index (χ4v) is 0.941. The van der Waals surface area contributed by atoms with Gasteiger partial charge < -0.3 is 0 Å². The van der Waals surface area contributed by atoms with Crippen molar-refractivity contribution in [3.8, 4) is 0 Å². The third-order valence-corrected chi connectivity index (χ3v) is 1.65. The van der Waals surface area contributed by atoms with Gasteiger partial charge in [0.05, 0.1) is 0 Å². The van der Waals surface area contributed by atoms with Crippen molar-refractivity contribution in [1.82, 2.24) is 4.98 Å². The van der Waals surface area contributed by atoms with Crippen molar-refractivity contribution in [3.63, 3.8) is 0 Å². The van der Waals surface area contributed by atoms with Crippen LogP contribution in [0.25, 0.3) is 0 Å². The first kappa shape index (κ1) is 7.26. The quantitative estimate of drug-likeness (QED) is 0.605. The highest BCUT2D eigenvalue weighted by Crippen LogP contribution is 2.02. The molecule has 0 aliphatic heterocycles. The zero-order valence-electron chi connectivity index (χ0n) is 6.59. The van der Waals surface area contributed by atoms with E-state index in [-0.39, 0.29) is 0 Å². The first-order valence-corrected chi connectivity index (χ1v) is 3.80. The van der Waals surface area contributed by atoms with Gasteiger partial charge in [0.15, 0.2) is 0 Å². The van der Waals surface area contributed by atoms with Crippen LogP contribution < -0.4 is 0 Å². The Morgan fingerprint density at radius 3 is 2.70 bits per heavy atom. The van der Waals surface area contributed by atoms with Gasteiger partial charge in [0.1, 0.15) is 0 Å². The van der Waals surface area contributed by atoms with Gasteiger partial charge in [-0.25, -0.2) is 0 Å². The van der Waals surface area contributed by atoms with Crippen molar-refractivity contribution in [2.75, 3.05) is 0 Å². The van der Waals surface area contributed by atoms with Crippen molar-refractivity contribution in [3.05, 3.63) is 29.6 Å². The smallest absolute Gasteiger partial charge is 0.0403 e. The molecule has 0 aliphatic rings. The van der Waals surface area contributed by atoms with Crippen LogP contribution in [0.5, 0.6) is 0 Å². The molecule has 0 atom stereocenters. The van der Waals surface area contributed by atoms with Gasteiger partial charge in [-0.3, -0.25) is 4.98 Å². The van der Waals surface area contributed by atoms with Crippen LogP contribution in [-0.2, 0) is 12.8 Å². The molecular formula is C9H13N. The molecule has 10 heavy (non-hydrogen) atoms. The summed E-state index contributed by atoms with van der Waals surface area (Å²) in [7, 11) is 0. The van der Waals surface area contributed by atoms with E-state index in [0.717, 1.165) is 12.8 Å². The second-order valence-corrected chi connectivity index (χ2v) is 2.36. The number of hydrogen-bond acceptors (Lipinski definition) is 1.